The molecule has 0 spiro atoms. The third-order valence-corrected chi connectivity index (χ3v) is 3.94. The van der Waals surface area contributed by atoms with Crippen molar-refractivity contribution in [2.75, 3.05) is 17.8 Å². The first-order chi connectivity index (χ1) is 6.54. The molecule has 14 heavy (non-hydrogen) atoms. The Kier molecular flexibility index (Phi) is 8.36. The van der Waals surface area contributed by atoms with Crippen molar-refractivity contribution in [1.29, 1.82) is 0 Å². The number of unbranched alkanes of at least 4 members (excludes halogenated alkanes) is 1. The molecule has 1 atom stereocenters. The number of hydrogen-bond donors (Lipinski definition) is 0. The predicted octanol–water partition coefficient (Wildman–Crippen LogP) is 4.22. The summed E-state index contributed by atoms with van der Waals surface area (Å²) in [5, 5.41) is 0.799. The van der Waals surface area contributed by atoms with Gasteiger partial charge >= 0.3 is 0 Å². The first-order valence-corrected chi connectivity index (χ1v) is 6.95. The van der Waals surface area contributed by atoms with E-state index in [1.54, 1.807) is 0 Å². The number of hydrogen-bond acceptors (Lipinski definition) is 1. The van der Waals surface area contributed by atoms with Crippen LogP contribution in [0.25, 0.3) is 0 Å². The van der Waals surface area contributed by atoms with Gasteiger partial charge in [-0.25, -0.2) is 0 Å². The monoisotopic (exact) mass is 284 g/mol. The van der Waals surface area contributed by atoms with E-state index in [1.807, 2.05) is 6.92 Å². The molecule has 1 unspecified atom stereocenters. The van der Waals surface area contributed by atoms with E-state index in [0.29, 0.717) is 5.88 Å². The van der Waals surface area contributed by atoms with Gasteiger partial charge in [0.25, 0.3) is 0 Å². The second-order valence-corrected chi connectivity index (χ2v) is 5.28. The summed E-state index contributed by atoms with van der Waals surface area (Å²) in [5.74, 6) is 1.34. The van der Waals surface area contributed by atoms with E-state index in [9.17, 15) is 0 Å². The molecule has 0 N–H and O–H groups in total. The highest BCUT2D eigenvalue weighted by Crippen LogP contribution is 2.17. The van der Waals surface area contributed by atoms with Gasteiger partial charge < -0.3 is 4.74 Å². The van der Waals surface area contributed by atoms with Crippen LogP contribution in [0, 0.1) is 5.92 Å². The zero-order valence-corrected chi connectivity index (χ0v) is 11.8. The van der Waals surface area contributed by atoms with Crippen LogP contribution in [0.4, 0.5) is 0 Å². The topological polar surface area (TPSA) is 9.23 Å². The maximum atomic E-state index is 5.82. The van der Waals surface area contributed by atoms with Crippen molar-refractivity contribution in [3.8, 4) is 0 Å². The van der Waals surface area contributed by atoms with Gasteiger partial charge in [-0.05, 0) is 19.3 Å². The van der Waals surface area contributed by atoms with Crippen LogP contribution in [0.3, 0.4) is 0 Å². The van der Waals surface area contributed by atoms with Crippen LogP contribution >= 0.6 is 27.5 Å². The molecule has 0 aromatic carbocycles. The minimum atomic E-state index is -0.195. The fourth-order valence-corrected chi connectivity index (χ4v) is 1.85. The van der Waals surface area contributed by atoms with Gasteiger partial charge in [0, 0.05) is 11.9 Å². The predicted molar refractivity (Wildman–Crippen MR) is 67.6 cm³/mol. The Bertz CT molecular complexity index is 135. The molecular weight excluding hydrogens is 263 g/mol. The number of halogens is 2. The molecule has 0 aromatic heterocycles. The van der Waals surface area contributed by atoms with Gasteiger partial charge in [0.05, 0.1) is 11.5 Å². The first kappa shape index (κ1) is 14.7. The lowest BCUT2D eigenvalue weighted by molar-refractivity contribution is 0.00234. The first-order valence-electron chi connectivity index (χ1n) is 5.30. The molecule has 1 nitrogen and oxygen atoms in total. The van der Waals surface area contributed by atoms with Crippen LogP contribution in [0.15, 0.2) is 0 Å². The van der Waals surface area contributed by atoms with Crippen LogP contribution in [0.1, 0.15) is 40.0 Å². The minimum Gasteiger partial charge on any atom is -0.373 e. The van der Waals surface area contributed by atoms with Crippen molar-refractivity contribution in [3.05, 3.63) is 0 Å². The molecule has 0 amide bonds. The van der Waals surface area contributed by atoms with Crippen molar-refractivity contribution < 1.29 is 4.74 Å². The van der Waals surface area contributed by atoms with Gasteiger partial charge in [0.2, 0.25) is 0 Å². The third kappa shape index (κ3) is 7.08. The summed E-state index contributed by atoms with van der Waals surface area (Å²) in [6.45, 7) is 7.36. The molecule has 0 bridgehead atoms. The lowest BCUT2D eigenvalue weighted by Gasteiger charge is -2.25. The van der Waals surface area contributed by atoms with E-state index in [1.165, 1.54) is 12.8 Å². The number of ether oxygens (including phenoxy) is 1. The lowest BCUT2D eigenvalue weighted by atomic mass is 10.1. The second kappa shape index (κ2) is 7.95. The van der Waals surface area contributed by atoms with Gasteiger partial charge in [-0.2, -0.15) is 0 Å². The smallest absolute Gasteiger partial charge is 0.0885 e. The van der Waals surface area contributed by atoms with Crippen molar-refractivity contribution in [2.45, 2.75) is 45.6 Å². The molecule has 0 saturated carbocycles. The Morgan fingerprint density at radius 3 is 2.43 bits per heavy atom. The average Bonchev–Trinajstić information content (AvgIpc) is 2.16. The lowest BCUT2D eigenvalue weighted by Crippen LogP contribution is -2.33. The summed E-state index contributed by atoms with van der Waals surface area (Å²) < 4.78 is 5.73. The molecule has 0 aliphatic carbocycles. The summed E-state index contributed by atoms with van der Waals surface area (Å²) in [5.41, 5.74) is -0.195. The molecule has 0 aliphatic rings. The third-order valence-electron chi connectivity index (χ3n) is 2.19. The van der Waals surface area contributed by atoms with Crippen LogP contribution in [-0.2, 0) is 4.74 Å². The Morgan fingerprint density at radius 2 is 2.00 bits per heavy atom. The van der Waals surface area contributed by atoms with Crippen molar-refractivity contribution in [2.24, 2.45) is 5.92 Å². The quantitative estimate of drug-likeness (QED) is 0.479. The Labute approximate surface area is 102 Å². The summed E-state index contributed by atoms with van der Waals surface area (Å²) in [4.78, 5) is 0. The van der Waals surface area contributed by atoms with Gasteiger partial charge in [-0.3, -0.25) is 0 Å². The van der Waals surface area contributed by atoms with E-state index >= 15 is 0 Å². The molecule has 0 fully saturated rings. The highest BCUT2D eigenvalue weighted by molar-refractivity contribution is 9.09. The van der Waals surface area contributed by atoms with Gasteiger partial charge in [0.15, 0.2) is 0 Å². The van der Waals surface area contributed by atoms with Crippen molar-refractivity contribution >= 4 is 27.5 Å². The normalized spacial score (nSPS) is 15.9. The Hall–Kier alpha value is 0.730. The zero-order valence-electron chi connectivity index (χ0n) is 9.48. The summed E-state index contributed by atoms with van der Waals surface area (Å²) in [6.07, 6.45) is 3.67. The molecule has 3 heteroatoms. The SMILES string of the molecule is CC(C)CCCCOC(C)(CCl)CBr. The van der Waals surface area contributed by atoms with Crippen LogP contribution in [0.2, 0.25) is 0 Å². The molecule has 0 radical (unpaired) electrons. The van der Waals surface area contributed by atoms with E-state index < -0.39 is 0 Å². The second-order valence-electron chi connectivity index (χ2n) is 4.46. The molecule has 86 valence electrons. The molecule has 0 rings (SSSR count). The average molecular weight is 286 g/mol. The van der Waals surface area contributed by atoms with Crippen LogP contribution in [0.5, 0.6) is 0 Å². The molecule has 0 aromatic rings. The van der Waals surface area contributed by atoms with Crippen LogP contribution < -0.4 is 0 Å². The van der Waals surface area contributed by atoms with Gasteiger partial charge in [-0.1, -0.05) is 42.6 Å². The van der Waals surface area contributed by atoms with E-state index in [4.69, 9.17) is 16.3 Å². The molecule has 0 saturated heterocycles. The zero-order chi connectivity index (χ0) is 11.0. The Morgan fingerprint density at radius 1 is 1.36 bits per heavy atom. The van der Waals surface area contributed by atoms with Gasteiger partial charge in [0.1, 0.15) is 0 Å². The van der Waals surface area contributed by atoms with Crippen molar-refractivity contribution in [3.63, 3.8) is 0 Å². The largest absolute Gasteiger partial charge is 0.373 e. The number of rotatable bonds is 8. The van der Waals surface area contributed by atoms with E-state index in [0.717, 1.165) is 24.3 Å². The summed E-state index contributed by atoms with van der Waals surface area (Å²) in [6, 6.07) is 0. The molecular formula is C11H22BrClO. The fraction of sp³-hybridized carbons (Fsp3) is 1.00. The van der Waals surface area contributed by atoms with E-state index in [-0.39, 0.29) is 5.60 Å². The highest BCUT2D eigenvalue weighted by Gasteiger charge is 2.21. The minimum absolute atomic E-state index is 0.195. The summed E-state index contributed by atoms with van der Waals surface area (Å²) >= 11 is 9.23. The summed E-state index contributed by atoms with van der Waals surface area (Å²) in [7, 11) is 0. The van der Waals surface area contributed by atoms with Gasteiger partial charge in [-0.15, -0.1) is 11.6 Å². The maximum Gasteiger partial charge on any atom is 0.0885 e. The molecule has 0 heterocycles. The van der Waals surface area contributed by atoms with Crippen molar-refractivity contribution in [1.82, 2.24) is 0 Å². The molecule has 0 aliphatic heterocycles. The number of alkyl halides is 2. The fourth-order valence-electron chi connectivity index (χ4n) is 1.09. The highest BCUT2D eigenvalue weighted by atomic mass is 79.9. The van der Waals surface area contributed by atoms with Crippen LogP contribution in [-0.4, -0.2) is 23.4 Å². The Balaban J connectivity index is 3.43. The maximum absolute atomic E-state index is 5.82. The standard InChI is InChI=1S/C11H22BrClO/c1-10(2)6-4-5-7-14-11(3,8-12)9-13/h10H,4-9H2,1-3H3. The van der Waals surface area contributed by atoms with E-state index in [2.05, 4.69) is 29.8 Å².